The first kappa shape index (κ1) is 16.9. The molecule has 0 saturated carbocycles. The smallest absolute Gasteiger partial charge is 0.292 e. The predicted octanol–water partition coefficient (Wildman–Crippen LogP) is -1.48. The fourth-order valence-corrected chi connectivity index (χ4v) is 3.67. The van der Waals surface area contributed by atoms with Crippen LogP contribution >= 0.6 is 0 Å². The Balaban J connectivity index is 1.73. The molecule has 3 unspecified atom stereocenters. The number of nitrogens with zero attached hydrogens (tertiary/aromatic N) is 1. The molecule has 2 N–H and O–H groups in total. The van der Waals surface area contributed by atoms with E-state index in [1.807, 2.05) is 19.1 Å². The maximum absolute atomic E-state index is 12.9. The van der Waals surface area contributed by atoms with E-state index >= 15 is 0 Å². The maximum Gasteiger partial charge on any atom is 0.292 e. The number of amides is 2. The molecule has 6 nitrogen and oxygen atoms in total. The first-order chi connectivity index (χ1) is 11.6. The molecule has 3 atom stereocenters. The number of anilines is 1. The number of hydrogen-bond donors (Lipinski definition) is 2. The van der Waals surface area contributed by atoms with E-state index in [2.05, 4.69) is 7.05 Å². The summed E-state index contributed by atoms with van der Waals surface area (Å²) in [7, 11) is 2.19. The van der Waals surface area contributed by atoms with E-state index in [0.29, 0.717) is 18.7 Å². The molecule has 0 radical (unpaired) electrons. The number of rotatable bonds is 4. The molecule has 2 fully saturated rings. The topological polar surface area (TPSA) is 55.5 Å². The lowest BCUT2D eigenvalue weighted by molar-refractivity contribution is -0.939. The number of quaternary nitrogens is 2. The van der Waals surface area contributed by atoms with Gasteiger partial charge in [-0.25, -0.2) is 4.90 Å². The second-order valence-electron chi connectivity index (χ2n) is 6.72. The molecule has 2 aliphatic rings. The summed E-state index contributed by atoms with van der Waals surface area (Å²) in [5.74, 6) is 0.603. The highest BCUT2D eigenvalue weighted by Crippen LogP contribution is 2.24. The molecular formula is C18H27N3O3+2. The number of hydrogen-bond acceptors (Lipinski definition) is 3. The van der Waals surface area contributed by atoms with Crippen molar-refractivity contribution in [2.75, 3.05) is 44.7 Å². The van der Waals surface area contributed by atoms with Gasteiger partial charge in [0, 0.05) is 6.42 Å². The van der Waals surface area contributed by atoms with Crippen LogP contribution in [0.4, 0.5) is 5.69 Å². The summed E-state index contributed by atoms with van der Waals surface area (Å²) in [4.78, 5) is 29.4. The highest BCUT2D eigenvalue weighted by molar-refractivity contribution is 6.21. The minimum atomic E-state index is -0.227. The molecule has 0 aliphatic carbocycles. The van der Waals surface area contributed by atoms with Gasteiger partial charge in [-0.2, -0.15) is 0 Å². The number of carbonyl (C=O) groups is 2. The maximum atomic E-state index is 12.9. The summed E-state index contributed by atoms with van der Waals surface area (Å²) in [6.45, 7) is 6.63. The van der Waals surface area contributed by atoms with Crippen molar-refractivity contribution in [3.63, 3.8) is 0 Å². The first-order valence-corrected chi connectivity index (χ1v) is 8.85. The average Bonchev–Trinajstić information content (AvgIpc) is 2.73. The first-order valence-electron chi connectivity index (χ1n) is 8.85. The lowest BCUT2D eigenvalue weighted by atomic mass is 10.2. The molecule has 130 valence electrons. The van der Waals surface area contributed by atoms with E-state index in [4.69, 9.17) is 4.74 Å². The van der Waals surface area contributed by atoms with E-state index in [-0.39, 0.29) is 17.9 Å². The van der Waals surface area contributed by atoms with Crippen molar-refractivity contribution in [1.82, 2.24) is 0 Å². The van der Waals surface area contributed by atoms with Crippen molar-refractivity contribution >= 4 is 17.5 Å². The minimum absolute atomic E-state index is 0.0567. The zero-order valence-electron chi connectivity index (χ0n) is 14.5. The predicted molar refractivity (Wildman–Crippen MR) is 90.4 cm³/mol. The molecule has 0 bridgehead atoms. The van der Waals surface area contributed by atoms with Crippen LogP contribution in [0.1, 0.15) is 19.8 Å². The summed E-state index contributed by atoms with van der Waals surface area (Å²) in [6.07, 6.45) is 1.42. The Morgan fingerprint density at radius 3 is 2.58 bits per heavy atom. The Labute approximate surface area is 143 Å². The van der Waals surface area contributed by atoms with Gasteiger partial charge < -0.3 is 14.5 Å². The molecule has 3 rings (SSSR count). The molecule has 2 aliphatic heterocycles. The van der Waals surface area contributed by atoms with Crippen molar-refractivity contribution in [2.24, 2.45) is 0 Å². The van der Waals surface area contributed by atoms with E-state index in [1.165, 1.54) is 14.7 Å². The van der Waals surface area contributed by atoms with E-state index in [0.717, 1.165) is 38.3 Å². The zero-order valence-corrected chi connectivity index (χ0v) is 14.5. The van der Waals surface area contributed by atoms with Crippen molar-refractivity contribution < 1.29 is 24.1 Å². The van der Waals surface area contributed by atoms with Gasteiger partial charge in [0.2, 0.25) is 5.91 Å². The summed E-state index contributed by atoms with van der Waals surface area (Å²) in [5, 5.41) is 0. The molecule has 1 aromatic carbocycles. The van der Waals surface area contributed by atoms with E-state index in [1.54, 1.807) is 12.1 Å². The van der Waals surface area contributed by atoms with E-state index in [9.17, 15) is 9.59 Å². The Kier molecular flexibility index (Phi) is 5.16. The molecule has 0 spiro atoms. The Morgan fingerprint density at radius 1 is 1.12 bits per heavy atom. The fraction of sp³-hybridized carbons (Fsp3) is 0.556. The summed E-state index contributed by atoms with van der Waals surface area (Å²) >= 11 is 0. The zero-order chi connectivity index (χ0) is 17.1. The summed E-state index contributed by atoms with van der Waals surface area (Å²) in [6, 6.07) is 6.97. The summed E-state index contributed by atoms with van der Waals surface area (Å²) in [5.41, 5.74) is 0.646. The van der Waals surface area contributed by atoms with Crippen LogP contribution in [0.3, 0.4) is 0 Å². The largest absolute Gasteiger partial charge is 0.494 e. The van der Waals surface area contributed by atoms with Crippen LogP contribution in [0.5, 0.6) is 5.75 Å². The van der Waals surface area contributed by atoms with Crippen LogP contribution in [-0.2, 0) is 9.59 Å². The number of nitrogens with one attached hydrogen (secondary N) is 2. The molecule has 1 aromatic rings. The Bertz CT molecular complexity index is 602. The van der Waals surface area contributed by atoms with Crippen molar-refractivity contribution in [3.8, 4) is 5.75 Å². The second-order valence-corrected chi connectivity index (χ2v) is 6.72. The van der Waals surface area contributed by atoms with Gasteiger partial charge in [-0.05, 0) is 31.2 Å². The monoisotopic (exact) mass is 333 g/mol. The molecule has 2 saturated heterocycles. The van der Waals surface area contributed by atoms with Crippen LogP contribution in [0.2, 0.25) is 0 Å². The standard InChI is InChI=1S/C18H25N3O3/c1-3-24-15-7-5-14(6-8-15)21-17(22)13-16(18(21)23)20-10-4-9-19(2)11-12-20/h5-8,16H,3-4,9-13H2,1-2H3/p+2. The van der Waals surface area contributed by atoms with Crippen LogP contribution < -0.4 is 19.4 Å². The molecule has 2 amide bonds. The number of ether oxygens (including phenoxy) is 1. The number of likely N-dealkylation sites (N-methyl/N-ethyl adjacent to an activating group) is 1. The van der Waals surface area contributed by atoms with Crippen molar-refractivity contribution in [2.45, 2.75) is 25.8 Å². The van der Waals surface area contributed by atoms with Gasteiger partial charge in [0.25, 0.3) is 5.91 Å². The van der Waals surface area contributed by atoms with Gasteiger partial charge in [-0.1, -0.05) is 0 Å². The number of benzene rings is 1. The van der Waals surface area contributed by atoms with Crippen LogP contribution in [-0.4, -0.2) is 57.7 Å². The molecule has 24 heavy (non-hydrogen) atoms. The third kappa shape index (κ3) is 3.44. The van der Waals surface area contributed by atoms with E-state index < -0.39 is 0 Å². The molecule has 0 aromatic heterocycles. The normalized spacial score (nSPS) is 28.1. The van der Waals surface area contributed by atoms with Gasteiger partial charge >= 0.3 is 0 Å². The van der Waals surface area contributed by atoms with Crippen molar-refractivity contribution in [3.05, 3.63) is 24.3 Å². The third-order valence-corrected chi connectivity index (χ3v) is 5.02. The number of carbonyl (C=O) groups excluding carboxylic acids is 2. The molecule has 2 heterocycles. The third-order valence-electron chi connectivity index (χ3n) is 5.02. The minimum Gasteiger partial charge on any atom is -0.494 e. The Hall–Kier alpha value is -1.92. The number of imide groups is 1. The Morgan fingerprint density at radius 2 is 1.88 bits per heavy atom. The summed E-state index contributed by atoms with van der Waals surface area (Å²) < 4.78 is 5.42. The average molecular weight is 333 g/mol. The van der Waals surface area contributed by atoms with Gasteiger partial charge in [-0.3, -0.25) is 9.59 Å². The molecular weight excluding hydrogens is 306 g/mol. The van der Waals surface area contributed by atoms with Crippen LogP contribution in [0.15, 0.2) is 24.3 Å². The molecule has 6 heteroatoms. The van der Waals surface area contributed by atoms with Crippen LogP contribution in [0.25, 0.3) is 0 Å². The lowest BCUT2D eigenvalue weighted by Gasteiger charge is -2.22. The van der Waals surface area contributed by atoms with Crippen molar-refractivity contribution in [1.29, 1.82) is 0 Å². The fourth-order valence-electron chi connectivity index (χ4n) is 3.67. The van der Waals surface area contributed by atoms with Gasteiger partial charge in [0.1, 0.15) is 18.8 Å². The van der Waals surface area contributed by atoms with Crippen LogP contribution in [0, 0.1) is 0 Å². The quantitative estimate of drug-likeness (QED) is 0.661. The highest BCUT2D eigenvalue weighted by atomic mass is 16.5. The van der Waals surface area contributed by atoms with Gasteiger partial charge in [0.15, 0.2) is 6.04 Å². The van der Waals surface area contributed by atoms with Gasteiger partial charge in [-0.15, -0.1) is 0 Å². The SMILES string of the molecule is CCOc1ccc(N2C(=O)CC([NH+]3CCC[NH+](C)CC3)C2=O)cc1. The van der Waals surface area contributed by atoms with Gasteiger partial charge in [0.05, 0.1) is 38.9 Å². The second kappa shape index (κ2) is 7.32. The lowest BCUT2D eigenvalue weighted by Crippen LogP contribution is -3.19. The highest BCUT2D eigenvalue weighted by Gasteiger charge is 2.46.